The summed E-state index contributed by atoms with van der Waals surface area (Å²) < 4.78 is 73.2. The Morgan fingerprint density at radius 2 is 1.72 bits per heavy atom. The Kier molecular flexibility index (Phi) is 6.41. The number of nitrogens with zero attached hydrogens (tertiary/aromatic N) is 5. The van der Waals surface area contributed by atoms with Gasteiger partial charge in [-0.05, 0) is 42.5 Å². The first-order valence-electron chi connectivity index (χ1n) is 9.82. The number of nitriles is 2. The van der Waals surface area contributed by atoms with Crippen LogP contribution in [0.5, 0.6) is 11.5 Å². The van der Waals surface area contributed by atoms with E-state index in [4.69, 9.17) is 4.74 Å². The summed E-state index contributed by atoms with van der Waals surface area (Å²) in [5, 5.41) is 24.3. The van der Waals surface area contributed by atoms with Crippen molar-refractivity contribution in [1.82, 2.24) is 14.8 Å². The van der Waals surface area contributed by atoms with Crippen LogP contribution in [0.25, 0.3) is 11.3 Å². The maximum absolute atomic E-state index is 13.0. The minimum Gasteiger partial charge on any atom is -0.455 e. The molecule has 1 N–H and O–H groups in total. The van der Waals surface area contributed by atoms with Crippen LogP contribution in [0.1, 0.15) is 16.8 Å². The second kappa shape index (κ2) is 9.33. The predicted octanol–water partition coefficient (Wildman–Crippen LogP) is 4.90. The van der Waals surface area contributed by atoms with Gasteiger partial charge in [-0.2, -0.15) is 28.8 Å². The number of hydrogen-bond donors (Lipinski definition) is 1. The molecule has 0 radical (unpaired) electrons. The van der Waals surface area contributed by atoms with Gasteiger partial charge < -0.3 is 4.74 Å². The first-order chi connectivity index (χ1) is 17.0. The van der Waals surface area contributed by atoms with Crippen LogP contribution in [0.4, 0.5) is 18.3 Å². The highest BCUT2D eigenvalue weighted by Gasteiger charge is 2.34. The quantitative estimate of drug-likeness (QED) is 0.375. The van der Waals surface area contributed by atoms with Gasteiger partial charge >= 0.3 is 6.18 Å². The number of alkyl halides is 3. The Bertz CT molecular complexity index is 1630. The zero-order chi connectivity index (χ0) is 26.1. The SMILES string of the molecule is Cn1nc(C(F)(F)F)cc1-c1ccc(Oc2ccc(S(=O)(=O)Nc3nccs3)cc2C#N)c(C#N)c1. The number of aryl methyl sites for hydroxylation is 1. The summed E-state index contributed by atoms with van der Waals surface area (Å²) in [5.74, 6) is 0.00215. The lowest BCUT2D eigenvalue weighted by atomic mass is 10.1. The average molecular weight is 531 g/mol. The highest BCUT2D eigenvalue weighted by atomic mass is 32.2. The molecule has 0 spiro atoms. The van der Waals surface area contributed by atoms with Crippen LogP contribution in [-0.4, -0.2) is 23.2 Å². The second-order valence-corrected chi connectivity index (χ2v) is 9.75. The van der Waals surface area contributed by atoms with Gasteiger partial charge in [0.15, 0.2) is 10.8 Å². The average Bonchev–Trinajstić information content (AvgIpc) is 3.48. The first-order valence-corrected chi connectivity index (χ1v) is 12.2. The van der Waals surface area contributed by atoms with Crippen molar-refractivity contribution in [3.63, 3.8) is 0 Å². The number of ether oxygens (including phenoxy) is 1. The van der Waals surface area contributed by atoms with E-state index < -0.39 is 21.9 Å². The largest absolute Gasteiger partial charge is 0.455 e. The predicted molar refractivity (Wildman–Crippen MR) is 123 cm³/mol. The van der Waals surface area contributed by atoms with Crippen molar-refractivity contribution in [2.45, 2.75) is 11.1 Å². The molecule has 36 heavy (non-hydrogen) atoms. The minimum absolute atomic E-state index is 0.0187. The molecule has 0 saturated heterocycles. The minimum atomic E-state index is -4.62. The molecule has 2 heterocycles. The van der Waals surface area contributed by atoms with Crippen molar-refractivity contribution < 1.29 is 26.3 Å². The third-order valence-corrected chi connectivity index (χ3v) is 6.98. The fraction of sp³-hybridized carbons (Fsp3) is 0.0909. The highest BCUT2D eigenvalue weighted by Crippen LogP contribution is 2.35. The van der Waals surface area contributed by atoms with Crippen LogP contribution in [0, 0.1) is 22.7 Å². The molecule has 4 rings (SSSR count). The Morgan fingerprint density at radius 1 is 1.06 bits per heavy atom. The van der Waals surface area contributed by atoms with E-state index in [1.807, 2.05) is 12.1 Å². The molecular formula is C22H13F3N6O3S2. The number of anilines is 1. The normalized spacial score (nSPS) is 11.5. The van der Waals surface area contributed by atoms with Gasteiger partial charge in [0.2, 0.25) is 0 Å². The summed E-state index contributed by atoms with van der Waals surface area (Å²) in [5.41, 5.74) is -0.790. The molecule has 9 nitrogen and oxygen atoms in total. The van der Waals surface area contributed by atoms with E-state index in [1.165, 1.54) is 43.6 Å². The van der Waals surface area contributed by atoms with E-state index in [0.29, 0.717) is 5.56 Å². The molecule has 0 bridgehead atoms. The van der Waals surface area contributed by atoms with Crippen molar-refractivity contribution in [3.05, 3.63) is 70.9 Å². The Balaban J connectivity index is 1.64. The number of aromatic nitrogens is 3. The lowest BCUT2D eigenvalue weighted by Crippen LogP contribution is -2.13. The molecule has 0 atom stereocenters. The summed E-state index contributed by atoms with van der Waals surface area (Å²) >= 11 is 1.08. The van der Waals surface area contributed by atoms with Gasteiger partial charge in [0.1, 0.15) is 23.6 Å². The molecule has 2 aromatic carbocycles. The van der Waals surface area contributed by atoms with E-state index in [1.54, 1.807) is 5.38 Å². The topological polar surface area (TPSA) is 134 Å². The van der Waals surface area contributed by atoms with Crippen LogP contribution in [0.15, 0.2) is 58.9 Å². The molecular weight excluding hydrogens is 517 g/mol. The molecule has 14 heteroatoms. The lowest BCUT2D eigenvalue weighted by Gasteiger charge is -2.12. The number of halogens is 3. The number of nitrogens with one attached hydrogen (secondary N) is 1. The molecule has 0 aliphatic heterocycles. The molecule has 4 aromatic rings. The van der Waals surface area contributed by atoms with Crippen LogP contribution in [0.2, 0.25) is 0 Å². The van der Waals surface area contributed by atoms with Crippen molar-refractivity contribution in [2.24, 2.45) is 7.05 Å². The summed E-state index contributed by atoms with van der Waals surface area (Å²) in [4.78, 5) is 3.66. The Hall–Kier alpha value is -4.40. The van der Waals surface area contributed by atoms with Gasteiger partial charge in [-0.1, -0.05) is 0 Å². The zero-order valence-electron chi connectivity index (χ0n) is 18.1. The Labute approximate surface area is 206 Å². The van der Waals surface area contributed by atoms with Crippen molar-refractivity contribution >= 4 is 26.5 Å². The lowest BCUT2D eigenvalue weighted by molar-refractivity contribution is -0.141. The number of thiazole rings is 1. The maximum Gasteiger partial charge on any atom is 0.435 e. The van der Waals surface area contributed by atoms with E-state index in [0.717, 1.165) is 28.2 Å². The van der Waals surface area contributed by atoms with E-state index in [9.17, 15) is 32.1 Å². The second-order valence-electron chi connectivity index (χ2n) is 7.17. The maximum atomic E-state index is 13.0. The van der Waals surface area contributed by atoms with Gasteiger partial charge in [-0.15, -0.1) is 11.3 Å². The fourth-order valence-corrected chi connectivity index (χ4v) is 4.97. The van der Waals surface area contributed by atoms with Crippen LogP contribution in [-0.2, 0) is 23.2 Å². The van der Waals surface area contributed by atoms with Crippen LogP contribution in [0.3, 0.4) is 0 Å². The third-order valence-electron chi connectivity index (χ3n) is 4.82. The van der Waals surface area contributed by atoms with Gasteiger partial charge in [-0.3, -0.25) is 9.40 Å². The van der Waals surface area contributed by atoms with Gasteiger partial charge in [0.05, 0.1) is 21.7 Å². The van der Waals surface area contributed by atoms with Crippen molar-refractivity contribution in [2.75, 3.05) is 4.72 Å². The van der Waals surface area contributed by atoms with Gasteiger partial charge in [0.25, 0.3) is 10.0 Å². The third kappa shape index (κ3) is 5.00. The molecule has 0 saturated carbocycles. The molecule has 182 valence electrons. The molecule has 0 fully saturated rings. The fourth-order valence-electron chi connectivity index (χ4n) is 3.16. The van der Waals surface area contributed by atoms with E-state index in [-0.39, 0.29) is 38.3 Å². The first kappa shape index (κ1) is 24.7. The number of hydrogen-bond acceptors (Lipinski definition) is 8. The molecule has 0 aliphatic carbocycles. The van der Waals surface area contributed by atoms with Gasteiger partial charge in [-0.25, -0.2) is 13.4 Å². The summed E-state index contributed by atoms with van der Waals surface area (Å²) in [6.45, 7) is 0. The molecule has 0 aliphatic rings. The summed E-state index contributed by atoms with van der Waals surface area (Å²) in [6, 6.07) is 12.4. The monoisotopic (exact) mass is 530 g/mol. The summed E-state index contributed by atoms with van der Waals surface area (Å²) in [7, 11) is -2.67. The van der Waals surface area contributed by atoms with Crippen LogP contribution >= 0.6 is 11.3 Å². The zero-order valence-corrected chi connectivity index (χ0v) is 19.7. The van der Waals surface area contributed by atoms with Crippen LogP contribution < -0.4 is 9.46 Å². The number of benzene rings is 2. The Morgan fingerprint density at radius 3 is 2.31 bits per heavy atom. The van der Waals surface area contributed by atoms with Crippen molar-refractivity contribution in [1.29, 1.82) is 10.5 Å². The molecule has 0 unspecified atom stereocenters. The smallest absolute Gasteiger partial charge is 0.435 e. The van der Waals surface area contributed by atoms with E-state index >= 15 is 0 Å². The standard InChI is InChI=1S/C22H13F3N6O3S2/c1-31-17(10-20(29-31)22(23,24)25)13-2-4-18(14(8-13)11-26)34-19-5-3-16(9-15(19)12-27)36(32,33)30-21-28-6-7-35-21/h2-10H,1H3,(H,28,30). The van der Waals surface area contributed by atoms with Gasteiger partial charge in [0, 0.05) is 24.2 Å². The number of sulfonamides is 1. The summed E-state index contributed by atoms with van der Waals surface area (Å²) in [6.07, 6.45) is -3.19. The highest BCUT2D eigenvalue weighted by molar-refractivity contribution is 7.93. The van der Waals surface area contributed by atoms with E-state index in [2.05, 4.69) is 14.8 Å². The molecule has 2 aromatic heterocycles. The molecule has 0 amide bonds. The number of rotatable bonds is 6. The van der Waals surface area contributed by atoms with Crippen molar-refractivity contribution in [3.8, 4) is 34.9 Å².